The average Bonchev–Trinajstić information content (AvgIpc) is 2.15. The van der Waals surface area contributed by atoms with Crippen LogP contribution in [0.2, 0.25) is 0 Å². The van der Waals surface area contributed by atoms with Crippen LogP contribution in [0.5, 0.6) is 5.75 Å². The molecule has 0 bridgehead atoms. The summed E-state index contributed by atoms with van der Waals surface area (Å²) in [5.41, 5.74) is 0.227. The fraction of sp³-hybridized carbons (Fsp3) is 0.167. The summed E-state index contributed by atoms with van der Waals surface area (Å²) in [7, 11) is 0. The van der Waals surface area contributed by atoms with Gasteiger partial charge in [0.2, 0.25) is 0 Å². The van der Waals surface area contributed by atoms with E-state index in [0.717, 1.165) is 0 Å². The zero-order valence-corrected chi connectivity index (χ0v) is 8.25. The minimum atomic E-state index is -4.22. The first-order valence-corrected chi connectivity index (χ1v) is 4.73. The highest BCUT2D eigenvalue weighted by atomic mass is 19.4. The second-order valence-electron chi connectivity index (χ2n) is 3.61. The van der Waals surface area contributed by atoms with Crippen LogP contribution < -0.4 is 0 Å². The molecule has 0 heterocycles. The maximum atomic E-state index is 12.3. The number of hydrogen-bond acceptors (Lipinski definition) is 1. The van der Waals surface area contributed by atoms with Crippen molar-refractivity contribution in [1.29, 1.82) is 0 Å². The van der Waals surface area contributed by atoms with Crippen LogP contribution in [-0.4, -0.2) is 11.3 Å². The van der Waals surface area contributed by atoms with Crippen molar-refractivity contribution in [2.75, 3.05) is 0 Å². The van der Waals surface area contributed by atoms with Crippen LogP contribution in [0.4, 0.5) is 13.2 Å². The molecule has 0 aliphatic rings. The van der Waals surface area contributed by atoms with Gasteiger partial charge in [-0.05, 0) is 28.5 Å². The summed E-state index contributed by atoms with van der Waals surface area (Å²) < 4.78 is 36.9. The van der Waals surface area contributed by atoms with Crippen molar-refractivity contribution in [1.82, 2.24) is 0 Å². The quantitative estimate of drug-likeness (QED) is 0.786. The van der Waals surface area contributed by atoms with Gasteiger partial charge in [0.05, 0.1) is 6.42 Å². The lowest BCUT2D eigenvalue weighted by Crippen LogP contribution is -2.11. The predicted octanol–water partition coefficient (Wildman–Crippen LogP) is 3.65. The molecule has 0 atom stereocenters. The van der Waals surface area contributed by atoms with Gasteiger partial charge in [0.25, 0.3) is 0 Å². The number of benzene rings is 2. The number of rotatable bonds is 1. The van der Waals surface area contributed by atoms with E-state index in [9.17, 15) is 18.3 Å². The molecule has 84 valence electrons. The fourth-order valence-electron chi connectivity index (χ4n) is 1.71. The molecule has 0 spiro atoms. The summed E-state index contributed by atoms with van der Waals surface area (Å²) in [4.78, 5) is 0. The summed E-state index contributed by atoms with van der Waals surface area (Å²) >= 11 is 0. The number of phenols is 1. The third-order valence-electron chi connectivity index (χ3n) is 2.35. The minimum absolute atomic E-state index is 0.0525. The highest BCUT2D eigenvalue weighted by Gasteiger charge is 2.28. The van der Waals surface area contributed by atoms with E-state index >= 15 is 0 Å². The van der Waals surface area contributed by atoms with E-state index in [1.165, 1.54) is 24.3 Å². The van der Waals surface area contributed by atoms with Crippen LogP contribution in [0.1, 0.15) is 5.56 Å². The summed E-state index contributed by atoms with van der Waals surface area (Å²) in [5.74, 6) is 0.0525. The second-order valence-corrected chi connectivity index (χ2v) is 3.61. The number of alkyl halides is 3. The van der Waals surface area contributed by atoms with Crippen molar-refractivity contribution in [2.24, 2.45) is 0 Å². The first-order valence-electron chi connectivity index (χ1n) is 4.73. The van der Waals surface area contributed by atoms with E-state index < -0.39 is 12.6 Å². The third-order valence-corrected chi connectivity index (χ3v) is 2.35. The van der Waals surface area contributed by atoms with Gasteiger partial charge >= 0.3 is 6.18 Å². The molecule has 0 radical (unpaired) electrons. The molecule has 0 unspecified atom stereocenters. The van der Waals surface area contributed by atoms with Gasteiger partial charge < -0.3 is 5.11 Å². The van der Waals surface area contributed by atoms with Crippen molar-refractivity contribution in [3.8, 4) is 5.75 Å². The molecule has 0 saturated heterocycles. The van der Waals surface area contributed by atoms with E-state index in [4.69, 9.17) is 0 Å². The molecule has 1 N–H and O–H groups in total. The maximum absolute atomic E-state index is 12.3. The first kappa shape index (κ1) is 10.8. The van der Waals surface area contributed by atoms with Gasteiger partial charge in [-0.25, -0.2) is 0 Å². The van der Waals surface area contributed by atoms with Gasteiger partial charge in [0, 0.05) is 0 Å². The molecule has 0 aliphatic heterocycles. The smallest absolute Gasteiger partial charge is 0.393 e. The van der Waals surface area contributed by atoms with Crippen LogP contribution in [0.25, 0.3) is 10.8 Å². The molecular weight excluding hydrogens is 217 g/mol. The van der Waals surface area contributed by atoms with E-state index in [1.54, 1.807) is 12.1 Å². The SMILES string of the molecule is Oc1ccc2c(CC(F)(F)F)cccc2c1. The zero-order valence-electron chi connectivity index (χ0n) is 8.25. The number of aromatic hydroxyl groups is 1. The molecular formula is C12H9F3O. The van der Waals surface area contributed by atoms with Crippen LogP contribution >= 0.6 is 0 Å². The summed E-state index contributed by atoms with van der Waals surface area (Å²) in [6.45, 7) is 0. The largest absolute Gasteiger partial charge is 0.508 e. The standard InChI is InChI=1S/C12H9F3O/c13-12(14,15)7-9-3-1-2-8-6-10(16)4-5-11(8)9/h1-6,16H,7H2. The third kappa shape index (κ3) is 2.27. The van der Waals surface area contributed by atoms with E-state index in [-0.39, 0.29) is 11.3 Å². The Bertz CT molecular complexity index is 517. The molecule has 2 aromatic carbocycles. The van der Waals surface area contributed by atoms with Crippen molar-refractivity contribution in [2.45, 2.75) is 12.6 Å². The zero-order chi connectivity index (χ0) is 11.8. The van der Waals surface area contributed by atoms with Gasteiger partial charge in [-0.3, -0.25) is 0 Å². The van der Waals surface area contributed by atoms with Crippen molar-refractivity contribution < 1.29 is 18.3 Å². The van der Waals surface area contributed by atoms with Crippen molar-refractivity contribution in [3.05, 3.63) is 42.0 Å². The topological polar surface area (TPSA) is 20.2 Å². The first-order chi connectivity index (χ1) is 7.46. The Labute approximate surface area is 90.1 Å². The van der Waals surface area contributed by atoms with E-state index in [2.05, 4.69) is 0 Å². The van der Waals surface area contributed by atoms with Gasteiger partial charge in [0.15, 0.2) is 0 Å². The molecule has 2 rings (SSSR count). The summed E-state index contributed by atoms with van der Waals surface area (Å²) in [6.07, 6.45) is -5.17. The predicted molar refractivity (Wildman–Crippen MR) is 55.4 cm³/mol. The Morgan fingerprint density at radius 3 is 2.50 bits per heavy atom. The number of fused-ring (bicyclic) bond motifs is 1. The van der Waals surface area contributed by atoms with Crippen LogP contribution in [0, 0.1) is 0 Å². The highest BCUT2D eigenvalue weighted by Crippen LogP contribution is 2.28. The molecule has 1 nitrogen and oxygen atoms in total. The maximum Gasteiger partial charge on any atom is 0.393 e. The summed E-state index contributed by atoms with van der Waals surface area (Å²) in [5, 5.41) is 10.4. The van der Waals surface area contributed by atoms with Crippen LogP contribution in [0.15, 0.2) is 36.4 Å². The van der Waals surface area contributed by atoms with E-state index in [0.29, 0.717) is 10.8 Å². The Kier molecular flexibility index (Phi) is 2.50. The molecule has 0 saturated carbocycles. The lowest BCUT2D eigenvalue weighted by molar-refractivity contribution is -0.126. The molecule has 0 aromatic heterocycles. The van der Waals surface area contributed by atoms with Gasteiger partial charge in [0.1, 0.15) is 5.75 Å². The van der Waals surface area contributed by atoms with Gasteiger partial charge in [-0.1, -0.05) is 24.3 Å². The number of halogens is 3. The van der Waals surface area contributed by atoms with Gasteiger partial charge in [-0.15, -0.1) is 0 Å². The van der Waals surface area contributed by atoms with E-state index in [1.807, 2.05) is 0 Å². The van der Waals surface area contributed by atoms with Gasteiger partial charge in [-0.2, -0.15) is 13.2 Å². The fourth-order valence-corrected chi connectivity index (χ4v) is 1.71. The Hall–Kier alpha value is -1.71. The highest BCUT2D eigenvalue weighted by molar-refractivity contribution is 5.86. The second kappa shape index (κ2) is 3.70. The lowest BCUT2D eigenvalue weighted by atomic mass is 10.0. The van der Waals surface area contributed by atoms with Crippen LogP contribution in [-0.2, 0) is 6.42 Å². The van der Waals surface area contributed by atoms with Crippen molar-refractivity contribution >= 4 is 10.8 Å². The Balaban J connectivity index is 2.54. The molecule has 2 aromatic rings. The van der Waals surface area contributed by atoms with Crippen molar-refractivity contribution in [3.63, 3.8) is 0 Å². The molecule has 4 heteroatoms. The Morgan fingerprint density at radius 2 is 1.81 bits per heavy atom. The molecule has 0 aliphatic carbocycles. The monoisotopic (exact) mass is 226 g/mol. The van der Waals surface area contributed by atoms with Crippen LogP contribution in [0.3, 0.4) is 0 Å². The molecule has 0 amide bonds. The normalized spacial score (nSPS) is 11.9. The average molecular weight is 226 g/mol. The lowest BCUT2D eigenvalue weighted by Gasteiger charge is -2.09. The number of hydrogen-bond donors (Lipinski definition) is 1. The molecule has 16 heavy (non-hydrogen) atoms. The number of phenolic OH excluding ortho intramolecular Hbond substituents is 1. The minimum Gasteiger partial charge on any atom is -0.508 e. The Morgan fingerprint density at radius 1 is 1.06 bits per heavy atom. The molecule has 0 fully saturated rings. The summed E-state index contributed by atoms with van der Waals surface area (Å²) in [6, 6.07) is 9.04.